The average molecular weight is 387 g/mol. The van der Waals surface area contributed by atoms with Crippen molar-refractivity contribution in [1.29, 1.82) is 0 Å². The van der Waals surface area contributed by atoms with Gasteiger partial charge in [-0.1, -0.05) is 46.3 Å². The van der Waals surface area contributed by atoms with E-state index in [9.17, 15) is 5.11 Å². The van der Waals surface area contributed by atoms with E-state index < -0.39 is 0 Å². The van der Waals surface area contributed by atoms with Crippen LogP contribution in [0.5, 0.6) is 0 Å². The minimum atomic E-state index is -0.0996. The normalized spacial score (nSPS) is 45.0. The molecule has 160 valence electrons. The van der Waals surface area contributed by atoms with Gasteiger partial charge in [-0.15, -0.1) is 0 Å². The van der Waals surface area contributed by atoms with E-state index in [0.717, 1.165) is 36.5 Å². The summed E-state index contributed by atoms with van der Waals surface area (Å²) in [5.41, 5.74) is 2.82. The van der Waals surface area contributed by atoms with Gasteiger partial charge in [0.15, 0.2) is 0 Å². The molecule has 1 N–H and O–H groups in total. The second-order valence-corrected chi connectivity index (χ2v) is 12.1. The standard InChI is InChI=1S/C27H46O/c1-18(2)9-14-25(28)19(3)22-12-13-23-21-11-10-20-8-6-7-16-26(20,4)24(21)15-17-27(22,23)5/h8,18-19,21-25,28H,6-7,9-17H2,1-5H3/t19-,21-,22+,23-,24-,25+,26-,27+/m0/s1. The van der Waals surface area contributed by atoms with Crippen molar-refractivity contribution < 1.29 is 5.11 Å². The predicted molar refractivity (Wildman–Crippen MR) is 119 cm³/mol. The van der Waals surface area contributed by atoms with Crippen LogP contribution in [0.2, 0.25) is 0 Å². The summed E-state index contributed by atoms with van der Waals surface area (Å²) in [7, 11) is 0. The summed E-state index contributed by atoms with van der Waals surface area (Å²) in [6.45, 7) is 12.2. The quantitative estimate of drug-likeness (QED) is 0.488. The van der Waals surface area contributed by atoms with Crippen LogP contribution in [0.3, 0.4) is 0 Å². The highest BCUT2D eigenvalue weighted by Gasteiger charge is 2.59. The fraction of sp³-hybridized carbons (Fsp3) is 0.926. The van der Waals surface area contributed by atoms with E-state index in [2.05, 4.69) is 40.7 Å². The van der Waals surface area contributed by atoms with Crippen LogP contribution in [0.1, 0.15) is 105 Å². The van der Waals surface area contributed by atoms with Gasteiger partial charge >= 0.3 is 0 Å². The van der Waals surface area contributed by atoms with E-state index in [1.54, 1.807) is 0 Å². The summed E-state index contributed by atoms with van der Waals surface area (Å²) in [4.78, 5) is 0. The Balaban J connectivity index is 1.51. The maximum absolute atomic E-state index is 11.0. The van der Waals surface area contributed by atoms with Gasteiger partial charge < -0.3 is 5.11 Å². The Kier molecular flexibility index (Phi) is 5.80. The van der Waals surface area contributed by atoms with Crippen LogP contribution in [0.4, 0.5) is 0 Å². The molecule has 3 saturated carbocycles. The highest BCUT2D eigenvalue weighted by molar-refractivity contribution is 5.23. The molecule has 4 rings (SSSR count). The Labute approximate surface area is 174 Å². The molecule has 0 radical (unpaired) electrons. The molecule has 0 unspecified atom stereocenters. The number of aliphatic hydroxyl groups excluding tert-OH is 1. The van der Waals surface area contributed by atoms with Crippen LogP contribution in [-0.2, 0) is 0 Å². The molecule has 0 aromatic carbocycles. The van der Waals surface area contributed by atoms with Gasteiger partial charge in [0.05, 0.1) is 6.10 Å². The van der Waals surface area contributed by atoms with Crippen LogP contribution in [-0.4, -0.2) is 11.2 Å². The third-order valence-corrected chi connectivity index (χ3v) is 10.4. The molecule has 0 spiro atoms. The molecule has 0 aliphatic heterocycles. The Morgan fingerprint density at radius 2 is 1.79 bits per heavy atom. The third-order valence-electron chi connectivity index (χ3n) is 10.4. The molecule has 0 bridgehead atoms. The average Bonchev–Trinajstić information content (AvgIpc) is 3.02. The number of hydrogen-bond acceptors (Lipinski definition) is 1. The lowest BCUT2D eigenvalue weighted by molar-refractivity contribution is -0.0704. The second-order valence-electron chi connectivity index (χ2n) is 12.1. The Morgan fingerprint density at radius 1 is 1.00 bits per heavy atom. The van der Waals surface area contributed by atoms with Gasteiger partial charge in [-0.05, 0) is 117 Å². The van der Waals surface area contributed by atoms with Crippen molar-refractivity contribution >= 4 is 0 Å². The minimum absolute atomic E-state index is 0.0996. The molecule has 0 amide bonds. The van der Waals surface area contributed by atoms with E-state index in [-0.39, 0.29) is 6.10 Å². The van der Waals surface area contributed by atoms with Crippen molar-refractivity contribution in [1.82, 2.24) is 0 Å². The van der Waals surface area contributed by atoms with Crippen LogP contribution in [0.25, 0.3) is 0 Å². The van der Waals surface area contributed by atoms with Crippen molar-refractivity contribution in [2.75, 3.05) is 0 Å². The zero-order valence-corrected chi connectivity index (χ0v) is 19.3. The molecule has 0 heterocycles. The van der Waals surface area contributed by atoms with Crippen molar-refractivity contribution in [3.8, 4) is 0 Å². The summed E-state index contributed by atoms with van der Waals surface area (Å²) >= 11 is 0. The predicted octanol–water partition coefficient (Wildman–Crippen LogP) is 7.39. The summed E-state index contributed by atoms with van der Waals surface area (Å²) < 4.78 is 0. The molecule has 0 saturated heterocycles. The molecule has 3 fully saturated rings. The zero-order valence-electron chi connectivity index (χ0n) is 19.3. The topological polar surface area (TPSA) is 20.2 Å². The molecular formula is C27H46O. The third kappa shape index (κ3) is 3.32. The molecule has 0 aromatic rings. The number of fused-ring (bicyclic) bond motifs is 5. The molecule has 1 nitrogen and oxygen atoms in total. The summed E-state index contributed by atoms with van der Waals surface area (Å²) in [5, 5.41) is 11.0. The number of hydrogen-bond donors (Lipinski definition) is 1. The first-order valence-corrected chi connectivity index (χ1v) is 12.6. The van der Waals surface area contributed by atoms with Gasteiger partial charge in [-0.25, -0.2) is 0 Å². The zero-order chi connectivity index (χ0) is 20.1. The second kappa shape index (κ2) is 7.75. The molecule has 0 aromatic heterocycles. The lowest BCUT2D eigenvalue weighted by atomic mass is 9.46. The first kappa shape index (κ1) is 21.0. The summed E-state index contributed by atoms with van der Waals surface area (Å²) in [5.74, 6) is 4.70. The highest BCUT2D eigenvalue weighted by Crippen LogP contribution is 2.67. The van der Waals surface area contributed by atoms with Crippen molar-refractivity contribution in [2.24, 2.45) is 46.3 Å². The molecule has 4 aliphatic rings. The van der Waals surface area contributed by atoms with Crippen LogP contribution in [0.15, 0.2) is 11.6 Å². The molecule has 28 heavy (non-hydrogen) atoms. The smallest absolute Gasteiger partial charge is 0.0568 e. The van der Waals surface area contributed by atoms with E-state index in [4.69, 9.17) is 0 Å². The Bertz CT molecular complexity index is 591. The van der Waals surface area contributed by atoms with Crippen LogP contribution in [0, 0.1) is 46.3 Å². The number of aliphatic hydroxyl groups is 1. The monoisotopic (exact) mass is 386 g/mol. The SMILES string of the molecule is CC(C)CC[C@@H](O)[C@@H](C)[C@H]1CC[C@H]2[C@@H]3CCC4=CCCC[C@]4(C)[C@H]3CC[C@]12C. The van der Waals surface area contributed by atoms with Crippen molar-refractivity contribution in [3.05, 3.63) is 11.6 Å². The highest BCUT2D eigenvalue weighted by atomic mass is 16.3. The largest absolute Gasteiger partial charge is 0.393 e. The van der Waals surface area contributed by atoms with Gasteiger partial charge in [-0.2, -0.15) is 0 Å². The van der Waals surface area contributed by atoms with E-state index in [1.165, 1.54) is 57.8 Å². The van der Waals surface area contributed by atoms with Gasteiger partial charge in [0.25, 0.3) is 0 Å². The molecule has 1 heteroatoms. The Morgan fingerprint density at radius 3 is 2.54 bits per heavy atom. The number of rotatable bonds is 5. The van der Waals surface area contributed by atoms with Crippen LogP contribution < -0.4 is 0 Å². The fourth-order valence-corrected chi connectivity index (χ4v) is 8.69. The van der Waals surface area contributed by atoms with Gasteiger partial charge in [0, 0.05) is 0 Å². The molecule has 8 atom stereocenters. The van der Waals surface area contributed by atoms with E-state index in [0.29, 0.717) is 22.7 Å². The lowest BCUT2D eigenvalue weighted by Gasteiger charge is -2.58. The van der Waals surface area contributed by atoms with E-state index >= 15 is 0 Å². The van der Waals surface area contributed by atoms with Crippen LogP contribution >= 0.6 is 0 Å². The molecular weight excluding hydrogens is 340 g/mol. The maximum Gasteiger partial charge on any atom is 0.0568 e. The van der Waals surface area contributed by atoms with Gasteiger partial charge in [0.1, 0.15) is 0 Å². The van der Waals surface area contributed by atoms with E-state index in [1.807, 2.05) is 5.57 Å². The lowest BCUT2D eigenvalue weighted by Crippen LogP contribution is -2.51. The first-order valence-electron chi connectivity index (χ1n) is 12.6. The number of allylic oxidation sites excluding steroid dienone is 2. The first-order chi connectivity index (χ1) is 13.3. The van der Waals surface area contributed by atoms with Crippen molar-refractivity contribution in [2.45, 2.75) is 111 Å². The minimum Gasteiger partial charge on any atom is -0.393 e. The van der Waals surface area contributed by atoms with Crippen molar-refractivity contribution in [3.63, 3.8) is 0 Å². The Hall–Kier alpha value is -0.300. The fourth-order valence-electron chi connectivity index (χ4n) is 8.69. The van der Waals surface area contributed by atoms with Gasteiger partial charge in [-0.3, -0.25) is 0 Å². The maximum atomic E-state index is 11.0. The van der Waals surface area contributed by atoms with Gasteiger partial charge in [0.2, 0.25) is 0 Å². The summed E-state index contributed by atoms with van der Waals surface area (Å²) in [6, 6.07) is 0. The summed E-state index contributed by atoms with van der Waals surface area (Å²) in [6.07, 6.45) is 17.3. The molecule has 4 aliphatic carbocycles.